The summed E-state index contributed by atoms with van der Waals surface area (Å²) in [4.78, 5) is 2.34. The maximum Gasteiger partial charge on any atom is 0.118 e. The molecule has 0 aliphatic carbocycles. The Bertz CT molecular complexity index is 315. The third-order valence-corrected chi connectivity index (χ3v) is 3.30. The van der Waals surface area contributed by atoms with Crippen molar-refractivity contribution < 1.29 is 4.42 Å². The van der Waals surface area contributed by atoms with E-state index in [2.05, 4.69) is 23.3 Å². The Balaban J connectivity index is 1.69. The van der Waals surface area contributed by atoms with Gasteiger partial charge in [0.1, 0.15) is 11.5 Å². The van der Waals surface area contributed by atoms with Gasteiger partial charge in [-0.05, 0) is 64.5 Å². The fourth-order valence-electron chi connectivity index (χ4n) is 2.28. The fraction of sp³-hybridized carbons (Fsp3) is 0.692. The normalized spacial score (nSPS) is 20.8. The van der Waals surface area contributed by atoms with Crippen molar-refractivity contribution in [3.05, 3.63) is 23.7 Å². The minimum atomic E-state index is 0.876. The minimum absolute atomic E-state index is 0.876. The van der Waals surface area contributed by atoms with Gasteiger partial charge < -0.3 is 9.73 Å². The molecule has 1 aromatic heterocycles. The summed E-state index contributed by atoms with van der Waals surface area (Å²) in [7, 11) is 2.17. The first kappa shape index (κ1) is 11.7. The lowest BCUT2D eigenvalue weighted by molar-refractivity contribution is 0.272. The number of nitrogens with zero attached hydrogens (tertiary/aromatic N) is 1. The highest BCUT2D eigenvalue weighted by Crippen LogP contribution is 2.14. The van der Waals surface area contributed by atoms with Crippen LogP contribution in [0.25, 0.3) is 0 Å². The van der Waals surface area contributed by atoms with Gasteiger partial charge in [0.25, 0.3) is 0 Å². The molecule has 90 valence electrons. The molecule has 0 aromatic carbocycles. The molecule has 0 saturated carbocycles. The van der Waals surface area contributed by atoms with Crippen molar-refractivity contribution in [2.24, 2.45) is 5.92 Å². The molecule has 1 aliphatic rings. The molecule has 16 heavy (non-hydrogen) atoms. The van der Waals surface area contributed by atoms with E-state index >= 15 is 0 Å². The lowest BCUT2D eigenvalue weighted by Gasteiger charge is -2.17. The first-order chi connectivity index (χ1) is 7.74. The number of aryl methyl sites for hydroxylation is 1. The molecule has 1 fully saturated rings. The zero-order valence-electron chi connectivity index (χ0n) is 10.3. The van der Waals surface area contributed by atoms with Crippen LogP contribution in [0.15, 0.2) is 16.5 Å². The van der Waals surface area contributed by atoms with E-state index in [1.807, 2.05) is 13.0 Å². The average Bonchev–Trinajstić information content (AvgIpc) is 2.87. The molecule has 0 amide bonds. The van der Waals surface area contributed by atoms with Gasteiger partial charge in [0.2, 0.25) is 0 Å². The van der Waals surface area contributed by atoms with E-state index in [0.29, 0.717) is 0 Å². The number of nitrogens with one attached hydrogen (secondary N) is 1. The van der Waals surface area contributed by atoms with Crippen molar-refractivity contribution in [2.75, 3.05) is 26.7 Å². The molecule has 1 atom stereocenters. The molecule has 1 aliphatic heterocycles. The molecule has 1 saturated heterocycles. The SMILES string of the molecule is Cc1ccc(CN(C)CCC2CCNC2)o1. The largest absolute Gasteiger partial charge is 0.465 e. The molecule has 0 bridgehead atoms. The van der Waals surface area contributed by atoms with Gasteiger partial charge in [-0.15, -0.1) is 0 Å². The summed E-state index contributed by atoms with van der Waals surface area (Å²) in [5.41, 5.74) is 0. The van der Waals surface area contributed by atoms with Gasteiger partial charge in [0.05, 0.1) is 6.54 Å². The fourth-order valence-corrected chi connectivity index (χ4v) is 2.28. The summed E-state index contributed by atoms with van der Waals surface area (Å²) in [5.74, 6) is 2.95. The van der Waals surface area contributed by atoms with Gasteiger partial charge in [0.15, 0.2) is 0 Å². The van der Waals surface area contributed by atoms with E-state index in [1.165, 1.54) is 25.9 Å². The van der Waals surface area contributed by atoms with Gasteiger partial charge in [-0.3, -0.25) is 4.90 Å². The van der Waals surface area contributed by atoms with Crippen LogP contribution in [0.1, 0.15) is 24.4 Å². The Labute approximate surface area is 97.8 Å². The highest BCUT2D eigenvalue weighted by molar-refractivity contribution is 5.05. The Morgan fingerprint density at radius 2 is 2.38 bits per heavy atom. The molecule has 0 radical (unpaired) electrons. The van der Waals surface area contributed by atoms with E-state index in [1.54, 1.807) is 0 Å². The van der Waals surface area contributed by atoms with Gasteiger partial charge in [-0.25, -0.2) is 0 Å². The van der Waals surface area contributed by atoms with Crippen LogP contribution in [0, 0.1) is 12.8 Å². The van der Waals surface area contributed by atoms with Crippen LogP contribution in [0.5, 0.6) is 0 Å². The van der Waals surface area contributed by atoms with Gasteiger partial charge in [-0.1, -0.05) is 0 Å². The molecular weight excluding hydrogens is 200 g/mol. The van der Waals surface area contributed by atoms with E-state index < -0.39 is 0 Å². The summed E-state index contributed by atoms with van der Waals surface area (Å²) in [5, 5.41) is 3.41. The van der Waals surface area contributed by atoms with Gasteiger partial charge >= 0.3 is 0 Å². The molecule has 1 unspecified atom stereocenters. The molecule has 2 heterocycles. The zero-order chi connectivity index (χ0) is 11.4. The van der Waals surface area contributed by atoms with Gasteiger partial charge in [0, 0.05) is 0 Å². The van der Waals surface area contributed by atoms with Crippen LogP contribution in [-0.4, -0.2) is 31.6 Å². The van der Waals surface area contributed by atoms with Crippen molar-refractivity contribution in [2.45, 2.75) is 26.3 Å². The number of hydrogen-bond acceptors (Lipinski definition) is 3. The molecular formula is C13H22N2O. The monoisotopic (exact) mass is 222 g/mol. The maximum absolute atomic E-state index is 5.57. The van der Waals surface area contributed by atoms with Crippen molar-refractivity contribution in [1.82, 2.24) is 10.2 Å². The number of furan rings is 1. The quantitative estimate of drug-likeness (QED) is 0.826. The number of hydrogen-bond donors (Lipinski definition) is 1. The standard InChI is InChI=1S/C13H22N2O/c1-11-3-4-13(16-11)10-15(2)8-6-12-5-7-14-9-12/h3-4,12,14H,5-10H2,1-2H3. The smallest absolute Gasteiger partial charge is 0.118 e. The van der Waals surface area contributed by atoms with Crippen LogP contribution >= 0.6 is 0 Å². The predicted octanol–water partition coefficient (Wildman–Crippen LogP) is 2.02. The summed E-state index contributed by atoms with van der Waals surface area (Å²) in [6.07, 6.45) is 2.64. The summed E-state index contributed by atoms with van der Waals surface area (Å²) >= 11 is 0. The maximum atomic E-state index is 5.57. The molecule has 3 nitrogen and oxygen atoms in total. The topological polar surface area (TPSA) is 28.4 Å². The minimum Gasteiger partial charge on any atom is -0.465 e. The molecule has 0 spiro atoms. The lowest BCUT2D eigenvalue weighted by Crippen LogP contribution is -2.21. The van der Waals surface area contributed by atoms with E-state index in [9.17, 15) is 0 Å². The summed E-state index contributed by atoms with van der Waals surface area (Å²) < 4.78 is 5.57. The first-order valence-electron chi connectivity index (χ1n) is 6.18. The molecule has 2 rings (SSSR count). The summed E-state index contributed by atoms with van der Waals surface area (Å²) in [6.45, 7) is 6.48. The van der Waals surface area contributed by atoms with Crippen LogP contribution in [0.2, 0.25) is 0 Å². The van der Waals surface area contributed by atoms with E-state index in [4.69, 9.17) is 4.42 Å². The second kappa shape index (κ2) is 5.51. The summed E-state index contributed by atoms with van der Waals surface area (Å²) in [6, 6.07) is 4.10. The predicted molar refractivity (Wildman–Crippen MR) is 65.4 cm³/mol. The Morgan fingerprint density at radius 3 is 3.00 bits per heavy atom. The van der Waals surface area contributed by atoms with Crippen LogP contribution < -0.4 is 5.32 Å². The van der Waals surface area contributed by atoms with Crippen molar-refractivity contribution in [3.63, 3.8) is 0 Å². The average molecular weight is 222 g/mol. The number of rotatable bonds is 5. The van der Waals surface area contributed by atoms with E-state index in [-0.39, 0.29) is 0 Å². The highest BCUT2D eigenvalue weighted by Gasteiger charge is 2.14. The third-order valence-electron chi connectivity index (χ3n) is 3.30. The van der Waals surface area contributed by atoms with Crippen molar-refractivity contribution >= 4 is 0 Å². The zero-order valence-corrected chi connectivity index (χ0v) is 10.3. The lowest BCUT2D eigenvalue weighted by atomic mass is 10.1. The molecule has 3 heteroatoms. The Morgan fingerprint density at radius 1 is 1.50 bits per heavy atom. The Hall–Kier alpha value is -0.800. The second-order valence-electron chi connectivity index (χ2n) is 4.90. The molecule has 1 aromatic rings. The van der Waals surface area contributed by atoms with Gasteiger partial charge in [-0.2, -0.15) is 0 Å². The van der Waals surface area contributed by atoms with Crippen molar-refractivity contribution in [3.8, 4) is 0 Å². The second-order valence-corrected chi connectivity index (χ2v) is 4.90. The first-order valence-corrected chi connectivity index (χ1v) is 6.18. The van der Waals surface area contributed by atoms with Crippen molar-refractivity contribution in [1.29, 1.82) is 0 Å². The van der Waals surface area contributed by atoms with Crippen LogP contribution in [0.3, 0.4) is 0 Å². The molecule has 1 N–H and O–H groups in total. The van der Waals surface area contributed by atoms with Crippen LogP contribution in [-0.2, 0) is 6.54 Å². The van der Waals surface area contributed by atoms with E-state index in [0.717, 1.165) is 30.5 Å². The highest BCUT2D eigenvalue weighted by atomic mass is 16.3. The third kappa shape index (κ3) is 3.35. The Kier molecular flexibility index (Phi) is 4.02. The van der Waals surface area contributed by atoms with Crippen LogP contribution in [0.4, 0.5) is 0 Å².